The highest BCUT2D eigenvalue weighted by atomic mass is 16.5. The first kappa shape index (κ1) is 17.0. The summed E-state index contributed by atoms with van der Waals surface area (Å²) in [6.07, 6.45) is 0. The van der Waals surface area contributed by atoms with Gasteiger partial charge in [0.25, 0.3) is 0 Å². The Kier molecular flexibility index (Phi) is 7.02. The maximum atomic E-state index is 5.49. The summed E-state index contributed by atoms with van der Waals surface area (Å²) in [6.45, 7) is 14.9. The molecule has 1 aromatic rings. The van der Waals surface area contributed by atoms with Crippen molar-refractivity contribution in [1.29, 1.82) is 0 Å². The summed E-state index contributed by atoms with van der Waals surface area (Å²) < 4.78 is 7.47. The van der Waals surface area contributed by atoms with Gasteiger partial charge in [0, 0.05) is 44.9 Å². The Morgan fingerprint density at radius 3 is 2.60 bits per heavy atom. The topological polar surface area (TPSA) is 42.3 Å². The molecule has 0 aromatic carbocycles. The SMILES string of the molecule is CCOCCN(CC)c1c(CNC(C)C)c(C)nn1C. The van der Waals surface area contributed by atoms with Crippen LogP contribution in [0.15, 0.2) is 0 Å². The molecule has 116 valence electrons. The van der Waals surface area contributed by atoms with Gasteiger partial charge in [0.15, 0.2) is 0 Å². The molecule has 5 nitrogen and oxygen atoms in total. The van der Waals surface area contributed by atoms with Crippen molar-refractivity contribution in [3.8, 4) is 0 Å². The second kappa shape index (κ2) is 8.27. The van der Waals surface area contributed by atoms with Crippen molar-refractivity contribution in [2.24, 2.45) is 7.05 Å². The van der Waals surface area contributed by atoms with Gasteiger partial charge < -0.3 is 15.0 Å². The zero-order chi connectivity index (χ0) is 15.1. The fourth-order valence-corrected chi connectivity index (χ4v) is 2.33. The van der Waals surface area contributed by atoms with Gasteiger partial charge in [-0.25, -0.2) is 0 Å². The molecule has 0 aliphatic carbocycles. The predicted molar refractivity (Wildman–Crippen MR) is 84.3 cm³/mol. The lowest BCUT2D eigenvalue weighted by atomic mass is 10.2. The van der Waals surface area contributed by atoms with Crippen molar-refractivity contribution in [3.63, 3.8) is 0 Å². The van der Waals surface area contributed by atoms with Crippen LogP contribution < -0.4 is 10.2 Å². The van der Waals surface area contributed by atoms with E-state index in [0.29, 0.717) is 6.04 Å². The van der Waals surface area contributed by atoms with E-state index < -0.39 is 0 Å². The Bertz CT molecular complexity index is 401. The molecular weight excluding hydrogens is 252 g/mol. The number of likely N-dealkylation sites (N-methyl/N-ethyl adjacent to an activating group) is 1. The molecule has 0 aliphatic heterocycles. The van der Waals surface area contributed by atoms with Gasteiger partial charge in [-0.2, -0.15) is 5.10 Å². The largest absolute Gasteiger partial charge is 0.380 e. The number of nitrogens with zero attached hydrogens (tertiary/aromatic N) is 3. The molecule has 0 radical (unpaired) electrons. The lowest BCUT2D eigenvalue weighted by molar-refractivity contribution is 0.153. The van der Waals surface area contributed by atoms with Gasteiger partial charge in [-0.3, -0.25) is 4.68 Å². The van der Waals surface area contributed by atoms with Gasteiger partial charge >= 0.3 is 0 Å². The Balaban J connectivity index is 2.89. The zero-order valence-electron chi connectivity index (χ0n) is 13.9. The van der Waals surface area contributed by atoms with Crippen LogP contribution in [0.4, 0.5) is 5.82 Å². The van der Waals surface area contributed by atoms with E-state index in [1.54, 1.807) is 0 Å². The summed E-state index contributed by atoms with van der Waals surface area (Å²) in [4.78, 5) is 2.34. The summed E-state index contributed by atoms with van der Waals surface area (Å²) in [5.74, 6) is 1.21. The van der Waals surface area contributed by atoms with Crippen molar-refractivity contribution in [3.05, 3.63) is 11.3 Å². The number of nitrogens with one attached hydrogen (secondary N) is 1. The number of hydrogen-bond acceptors (Lipinski definition) is 4. The maximum absolute atomic E-state index is 5.49. The van der Waals surface area contributed by atoms with Crippen molar-refractivity contribution in [2.75, 3.05) is 31.2 Å². The zero-order valence-corrected chi connectivity index (χ0v) is 13.9. The van der Waals surface area contributed by atoms with Crippen LogP contribution in [-0.4, -0.2) is 42.1 Å². The normalized spacial score (nSPS) is 11.3. The highest BCUT2D eigenvalue weighted by Gasteiger charge is 2.18. The second-order valence-corrected chi connectivity index (χ2v) is 5.32. The number of rotatable bonds is 9. The molecule has 0 bridgehead atoms. The summed E-state index contributed by atoms with van der Waals surface area (Å²) >= 11 is 0. The maximum Gasteiger partial charge on any atom is 0.131 e. The molecule has 0 fully saturated rings. The number of ether oxygens (including phenoxy) is 1. The lowest BCUT2D eigenvalue weighted by Gasteiger charge is -2.24. The Hall–Kier alpha value is -1.07. The van der Waals surface area contributed by atoms with E-state index >= 15 is 0 Å². The fourth-order valence-electron chi connectivity index (χ4n) is 2.33. The molecule has 1 aromatic heterocycles. The van der Waals surface area contributed by atoms with Crippen LogP contribution >= 0.6 is 0 Å². The van der Waals surface area contributed by atoms with Crippen LogP contribution in [0.1, 0.15) is 39.0 Å². The Labute approximate surface area is 123 Å². The van der Waals surface area contributed by atoms with Crippen molar-refractivity contribution < 1.29 is 4.74 Å². The van der Waals surface area contributed by atoms with Crippen LogP contribution in [0, 0.1) is 6.92 Å². The van der Waals surface area contributed by atoms with Gasteiger partial charge in [0.1, 0.15) is 5.82 Å². The molecule has 0 atom stereocenters. The van der Waals surface area contributed by atoms with Crippen LogP contribution in [0.5, 0.6) is 0 Å². The van der Waals surface area contributed by atoms with E-state index in [4.69, 9.17) is 4.74 Å². The minimum Gasteiger partial charge on any atom is -0.380 e. The van der Waals surface area contributed by atoms with Gasteiger partial charge in [0.05, 0.1) is 12.3 Å². The first-order valence-corrected chi connectivity index (χ1v) is 7.59. The first-order chi connectivity index (χ1) is 9.51. The lowest BCUT2D eigenvalue weighted by Crippen LogP contribution is -2.31. The van der Waals surface area contributed by atoms with E-state index in [-0.39, 0.29) is 0 Å². The molecule has 1 rings (SSSR count). The Morgan fingerprint density at radius 2 is 2.05 bits per heavy atom. The summed E-state index contributed by atoms with van der Waals surface area (Å²) in [7, 11) is 2.02. The molecule has 0 saturated carbocycles. The number of hydrogen-bond donors (Lipinski definition) is 1. The molecular formula is C15H30N4O. The van der Waals surface area contributed by atoms with Gasteiger partial charge in [0.2, 0.25) is 0 Å². The summed E-state index contributed by atoms with van der Waals surface area (Å²) in [5, 5.41) is 8.07. The number of aryl methyl sites for hydroxylation is 2. The molecule has 20 heavy (non-hydrogen) atoms. The van der Waals surface area contributed by atoms with E-state index in [2.05, 4.69) is 43.0 Å². The predicted octanol–water partition coefficient (Wildman–Crippen LogP) is 2.09. The molecule has 0 amide bonds. The minimum absolute atomic E-state index is 0.473. The van der Waals surface area contributed by atoms with E-state index in [1.165, 1.54) is 11.4 Å². The van der Waals surface area contributed by atoms with Crippen LogP contribution in [-0.2, 0) is 18.3 Å². The average Bonchev–Trinajstić information content (AvgIpc) is 2.67. The van der Waals surface area contributed by atoms with Crippen molar-refractivity contribution in [1.82, 2.24) is 15.1 Å². The van der Waals surface area contributed by atoms with E-state index in [0.717, 1.165) is 38.5 Å². The van der Waals surface area contributed by atoms with Crippen molar-refractivity contribution >= 4 is 5.82 Å². The molecule has 0 spiro atoms. The smallest absolute Gasteiger partial charge is 0.131 e. The van der Waals surface area contributed by atoms with Gasteiger partial charge in [-0.15, -0.1) is 0 Å². The van der Waals surface area contributed by atoms with Gasteiger partial charge in [-0.05, 0) is 20.8 Å². The third-order valence-electron chi connectivity index (χ3n) is 3.39. The molecule has 0 unspecified atom stereocenters. The second-order valence-electron chi connectivity index (χ2n) is 5.32. The quantitative estimate of drug-likeness (QED) is 0.704. The highest BCUT2D eigenvalue weighted by molar-refractivity contribution is 5.50. The molecule has 0 aliphatic rings. The monoisotopic (exact) mass is 282 g/mol. The standard InChI is InChI=1S/C15H30N4O/c1-7-19(9-10-20-8-2)15-14(11-16-12(3)4)13(5)17-18(15)6/h12,16H,7-11H2,1-6H3. The average molecular weight is 282 g/mol. The van der Waals surface area contributed by atoms with Crippen LogP contribution in [0.2, 0.25) is 0 Å². The van der Waals surface area contributed by atoms with Crippen LogP contribution in [0.3, 0.4) is 0 Å². The third kappa shape index (κ3) is 4.49. The minimum atomic E-state index is 0.473. The summed E-state index contributed by atoms with van der Waals surface area (Å²) in [5.41, 5.74) is 2.39. The molecule has 0 saturated heterocycles. The highest BCUT2D eigenvalue weighted by Crippen LogP contribution is 2.23. The Morgan fingerprint density at radius 1 is 1.35 bits per heavy atom. The van der Waals surface area contributed by atoms with Gasteiger partial charge in [-0.1, -0.05) is 13.8 Å². The molecule has 1 N–H and O–H groups in total. The molecule has 5 heteroatoms. The third-order valence-corrected chi connectivity index (χ3v) is 3.39. The number of aromatic nitrogens is 2. The van der Waals surface area contributed by atoms with E-state index in [9.17, 15) is 0 Å². The number of anilines is 1. The van der Waals surface area contributed by atoms with Crippen molar-refractivity contribution in [2.45, 2.75) is 47.2 Å². The summed E-state index contributed by atoms with van der Waals surface area (Å²) in [6, 6.07) is 0.473. The fraction of sp³-hybridized carbons (Fsp3) is 0.800. The molecule has 1 heterocycles. The van der Waals surface area contributed by atoms with E-state index in [1.807, 2.05) is 18.7 Å². The van der Waals surface area contributed by atoms with Crippen LogP contribution in [0.25, 0.3) is 0 Å². The first-order valence-electron chi connectivity index (χ1n) is 7.59.